The van der Waals surface area contributed by atoms with E-state index in [1.54, 1.807) is 13.8 Å². The van der Waals surface area contributed by atoms with Crippen LogP contribution < -0.4 is 9.62 Å². The second-order valence-corrected chi connectivity index (χ2v) is 9.45. The van der Waals surface area contributed by atoms with Crippen LogP contribution >= 0.6 is 0 Å². The lowest BCUT2D eigenvalue weighted by atomic mass is 10.1. The third-order valence-corrected chi connectivity index (χ3v) is 6.16. The number of amides is 1. The van der Waals surface area contributed by atoms with Crippen LogP contribution in [0.1, 0.15) is 36.5 Å². The normalized spacial score (nSPS) is 12.3. The van der Waals surface area contributed by atoms with E-state index in [1.807, 2.05) is 25.1 Å². The van der Waals surface area contributed by atoms with Gasteiger partial charge in [-0.05, 0) is 44.2 Å². The highest BCUT2D eigenvalue weighted by molar-refractivity contribution is 7.92. The summed E-state index contributed by atoms with van der Waals surface area (Å²) in [6, 6.07) is 11.1. The van der Waals surface area contributed by atoms with Crippen LogP contribution in [0.4, 0.5) is 11.4 Å². The van der Waals surface area contributed by atoms with E-state index in [0.29, 0.717) is 18.5 Å². The number of sulfonamides is 1. The van der Waals surface area contributed by atoms with Crippen LogP contribution in [0.15, 0.2) is 42.5 Å². The third kappa shape index (κ3) is 6.52. The molecule has 0 radical (unpaired) electrons. The highest BCUT2D eigenvalue weighted by atomic mass is 32.2. The summed E-state index contributed by atoms with van der Waals surface area (Å²) < 4.78 is 26.2. The second-order valence-electron chi connectivity index (χ2n) is 7.59. The molecule has 8 nitrogen and oxygen atoms in total. The SMILES string of the molecule is CC[C@H](C(=O)NCCCc1cccc(C)c1)N(c1cc([N+](=O)[O-])ccc1C)S(C)(=O)=O. The Kier molecular flexibility index (Phi) is 8.15. The summed E-state index contributed by atoms with van der Waals surface area (Å²) in [6.45, 7) is 5.78. The summed E-state index contributed by atoms with van der Waals surface area (Å²) in [5, 5.41) is 14.0. The monoisotopic (exact) mass is 447 g/mol. The molecule has 1 amide bonds. The Bertz CT molecular complexity index is 1050. The van der Waals surface area contributed by atoms with Gasteiger partial charge in [0.25, 0.3) is 5.69 Å². The van der Waals surface area contributed by atoms with Crippen molar-refractivity contribution in [3.05, 3.63) is 69.3 Å². The van der Waals surface area contributed by atoms with Crippen LogP contribution in [0.25, 0.3) is 0 Å². The molecule has 0 aliphatic carbocycles. The lowest BCUT2D eigenvalue weighted by molar-refractivity contribution is -0.384. The quantitative estimate of drug-likeness (QED) is 0.340. The largest absolute Gasteiger partial charge is 0.354 e. The van der Waals surface area contributed by atoms with Gasteiger partial charge in [-0.15, -0.1) is 0 Å². The number of nitrogens with one attached hydrogen (secondary N) is 1. The zero-order valence-corrected chi connectivity index (χ0v) is 19.1. The highest BCUT2D eigenvalue weighted by Crippen LogP contribution is 2.30. The Labute approximate surface area is 183 Å². The van der Waals surface area contributed by atoms with E-state index in [0.717, 1.165) is 17.0 Å². The minimum absolute atomic E-state index is 0.137. The summed E-state index contributed by atoms with van der Waals surface area (Å²) in [6.07, 6.45) is 2.72. The number of anilines is 1. The third-order valence-electron chi connectivity index (χ3n) is 4.99. The molecule has 2 aromatic carbocycles. The van der Waals surface area contributed by atoms with Gasteiger partial charge in [0, 0.05) is 18.7 Å². The Morgan fingerprint density at radius 3 is 2.48 bits per heavy atom. The number of aryl methyl sites for hydroxylation is 3. The summed E-state index contributed by atoms with van der Waals surface area (Å²) in [7, 11) is -3.87. The van der Waals surface area contributed by atoms with Crippen molar-refractivity contribution in [3.63, 3.8) is 0 Å². The number of hydrogen-bond acceptors (Lipinski definition) is 5. The van der Waals surface area contributed by atoms with E-state index in [1.165, 1.54) is 29.3 Å². The first kappa shape index (κ1) is 24.3. The summed E-state index contributed by atoms with van der Waals surface area (Å²) in [5.41, 5.74) is 2.78. The molecule has 168 valence electrons. The van der Waals surface area contributed by atoms with Crippen LogP contribution in [0, 0.1) is 24.0 Å². The molecular weight excluding hydrogens is 418 g/mol. The number of rotatable bonds is 10. The Balaban J connectivity index is 2.18. The van der Waals surface area contributed by atoms with Gasteiger partial charge >= 0.3 is 0 Å². The van der Waals surface area contributed by atoms with E-state index < -0.39 is 26.9 Å². The van der Waals surface area contributed by atoms with Gasteiger partial charge in [-0.25, -0.2) is 8.42 Å². The van der Waals surface area contributed by atoms with Gasteiger partial charge in [-0.3, -0.25) is 19.2 Å². The fraction of sp³-hybridized carbons (Fsp3) is 0.409. The molecule has 1 atom stereocenters. The zero-order valence-electron chi connectivity index (χ0n) is 18.3. The smallest absolute Gasteiger partial charge is 0.271 e. The first-order valence-corrected chi connectivity index (χ1v) is 12.0. The average molecular weight is 448 g/mol. The van der Waals surface area contributed by atoms with Crippen LogP contribution in [0.3, 0.4) is 0 Å². The maximum atomic E-state index is 12.9. The van der Waals surface area contributed by atoms with Crippen LogP contribution in [0.2, 0.25) is 0 Å². The van der Waals surface area contributed by atoms with Gasteiger partial charge in [-0.1, -0.05) is 42.8 Å². The summed E-state index contributed by atoms with van der Waals surface area (Å²) in [5.74, 6) is -0.428. The molecule has 0 bridgehead atoms. The van der Waals surface area contributed by atoms with E-state index in [9.17, 15) is 23.3 Å². The van der Waals surface area contributed by atoms with Gasteiger partial charge in [0.1, 0.15) is 6.04 Å². The highest BCUT2D eigenvalue weighted by Gasteiger charge is 2.33. The molecule has 0 aliphatic heterocycles. The molecule has 0 heterocycles. The second kappa shape index (κ2) is 10.4. The summed E-state index contributed by atoms with van der Waals surface area (Å²) in [4.78, 5) is 23.5. The number of benzene rings is 2. The van der Waals surface area contributed by atoms with Gasteiger partial charge in [0.2, 0.25) is 15.9 Å². The predicted molar refractivity (Wildman–Crippen MR) is 122 cm³/mol. The van der Waals surface area contributed by atoms with Crippen molar-refractivity contribution in [1.29, 1.82) is 0 Å². The zero-order chi connectivity index (χ0) is 23.2. The van der Waals surface area contributed by atoms with Crippen molar-refractivity contribution in [2.45, 2.75) is 46.1 Å². The fourth-order valence-corrected chi connectivity index (χ4v) is 4.73. The first-order valence-electron chi connectivity index (χ1n) is 10.1. The lowest BCUT2D eigenvalue weighted by Gasteiger charge is -2.31. The average Bonchev–Trinajstić information content (AvgIpc) is 2.69. The lowest BCUT2D eigenvalue weighted by Crippen LogP contribution is -2.49. The summed E-state index contributed by atoms with van der Waals surface area (Å²) >= 11 is 0. The number of nitro groups is 1. The molecule has 0 spiro atoms. The molecule has 0 fully saturated rings. The van der Waals surface area contributed by atoms with Gasteiger partial charge < -0.3 is 5.32 Å². The number of carbonyl (C=O) groups excluding carboxylic acids is 1. The molecule has 2 aromatic rings. The molecule has 0 aromatic heterocycles. The number of nitrogens with zero attached hydrogens (tertiary/aromatic N) is 2. The maximum absolute atomic E-state index is 12.9. The molecular formula is C22H29N3O5S. The van der Waals surface area contributed by atoms with Crippen molar-refractivity contribution >= 4 is 27.3 Å². The van der Waals surface area contributed by atoms with Gasteiger partial charge in [0.15, 0.2) is 0 Å². The van der Waals surface area contributed by atoms with Crippen LogP contribution in [-0.2, 0) is 21.2 Å². The van der Waals surface area contributed by atoms with E-state index in [4.69, 9.17) is 0 Å². The minimum atomic E-state index is -3.87. The number of nitro benzene ring substituents is 1. The molecule has 31 heavy (non-hydrogen) atoms. The number of hydrogen-bond donors (Lipinski definition) is 1. The first-order chi connectivity index (χ1) is 14.5. The van der Waals surface area contributed by atoms with Crippen LogP contribution in [0.5, 0.6) is 0 Å². The molecule has 0 aliphatic rings. The van der Waals surface area contributed by atoms with Gasteiger partial charge in [-0.2, -0.15) is 0 Å². The fourth-order valence-electron chi connectivity index (χ4n) is 3.47. The molecule has 0 saturated heterocycles. The van der Waals surface area contributed by atoms with Crippen molar-refractivity contribution < 1.29 is 18.1 Å². The molecule has 2 rings (SSSR count). The topological polar surface area (TPSA) is 110 Å². The van der Waals surface area contributed by atoms with Gasteiger partial charge in [0.05, 0.1) is 16.9 Å². The minimum Gasteiger partial charge on any atom is -0.354 e. The Morgan fingerprint density at radius 2 is 1.90 bits per heavy atom. The van der Waals surface area contributed by atoms with Crippen molar-refractivity contribution in [1.82, 2.24) is 5.32 Å². The molecule has 1 N–H and O–H groups in total. The molecule has 0 unspecified atom stereocenters. The van der Waals surface area contributed by atoms with E-state index in [-0.39, 0.29) is 17.8 Å². The molecule has 0 saturated carbocycles. The number of carbonyl (C=O) groups is 1. The maximum Gasteiger partial charge on any atom is 0.271 e. The molecule has 9 heteroatoms. The Hall–Kier alpha value is -2.94. The van der Waals surface area contributed by atoms with Crippen LogP contribution in [-0.4, -0.2) is 38.1 Å². The number of non-ortho nitro benzene ring substituents is 1. The van der Waals surface area contributed by atoms with Crippen molar-refractivity contribution in [3.8, 4) is 0 Å². The predicted octanol–water partition coefficient (Wildman–Crippen LogP) is 3.51. The Morgan fingerprint density at radius 1 is 1.19 bits per heavy atom. The van der Waals surface area contributed by atoms with E-state index in [2.05, 4.69) is 11.4 Å². The standard InChI is InChI=1S/C22H29N3O5S/c1-5-20(22(26)23-13-7-10-18-9-6-8-16(2)14-18)24(31(4,29)30)21-15-19(25(27)28)12-11-17(21)3/h6,8-9,11-12,14-15,20H,5,7,10,13H2,1-4H3,(H,23,26)/t20-/m1/s1. The van der Waals surface area contributed by atoms with Crippen molar-refractivity contribution in [2.75, 3.05) is 17.1 Å². The van der Waals surface area contributed by atoms with E-state index >= 15 is 0 Å². The van der Waals surface area contributed by atoms with Crippen molar-refractivity contribution in [2.24, 2.45) is 0 Å².